The summed E-state index contributed by atoms with van der Waals surface area (Å²) >= 11 is 0. The van der Waals surface area contributed by atoms with Gasteiger partial charge in [-0.25, -0.2) is 18.1 Å². The van der Waals surface area contributed by atoms with Crippen LogP contribution in [0.3, 0.4) is 0 Å². The average Bonchev–Trinajstić information content (AvgIpc) is 2.34. The number of aromatic nitrogens is 1. The summed E-state index contributed by atoms with van der Waals surface area (Å²) in [4.78, 5) is 14.1. The van der Waals surface area contributed by atoms with Gasteiger partial charge in [0.2, 0.25) is 15.9 Å². The average molecular weight is 268 g/mol. The van der Waals surface area contributed by atoms with Gasteiger partial charge in [0.05, 0.1) is 0 Å². The van der Waals surface area contributed by atoms with E-state index in [9.17, 15) is 13.2 Å². The van der Waals surface area contributed by atoms with Crippen molar-refractivity contribution in [3.63, 3.8) is 0 Å². The predicted octanol–water partition coefficient (Wildman–Crippen LogP) is -0.632. The van der Waals surface area contributed by atoms with E-state index in [1.165, 1.54) is 25.3 Å². The molecule has 18 heavy (non-hydrogen) atoms. The van der Waals surface area contributed by atoms with Gasteiger partial charge in [0, 0.05) is 26.2 Å². The lowest BCUT2D eigenvalue weighted by atomic mass is 10.4. The Morgan fingerprint density at radius 2 is 2.22 bits per heavy atom. The van der Waals surface area contributed by atoms with Crippen molar-refractivity contribution in [3.8, 4) is 6.07 Å². The molecule has 0 radical (unpaired) electrons. The number of carbonyl (C=O) groups is 1. The molecule has 0 aliphatic heterocycles. The van der Waals surface area contributed by atoms with Crippen molar-refractivity contribution in [1.29, 1.82) is 5.26 Å². The minimum Gasteiger partial charge on any atom is -0.355 e. The molecule has 0 bridgehead atoms. The van der Waals surface area contributed by atoms with Gasteiger partial charge in [0.15, 0.2) is 5.69 Å². The molecule has 0 spiro atoms. The summed E-state index contributed by atoms with van der Waals surface area (Å²) in [5, 5.41) is 11.2. The summed E-state index contributed by atoms with van der Waals surface area (Å²) in [6, 6.07) is 4.44. The zero-order chi connectivity index (χ0) is 13.6. The molecule has 0 aliphatic rings. The molecule has 0 saturated heterocycles. The normalized spacial score (nSPS) is 10.7. The van der Waals surface area contributed by atoms with Gasteiger partial charge in [-0.2, -0.15) is 5.26 Å². The maximum Gasteiger partial charge on any atom is 0.243 e. The van der Waals surface area contributed by atoms with Crippen molar-refractivity contribution >= 4 is 15.9 Å². The van der Waals surface area contributed by atoms with Crippen molar-refractivity contribution < 1.29 is 13.2 Å². The second-order valence-electron chi connectivity index (χ2n) is 3.34. The smallest absolute Gasteiger partial charge is 0.243 e. The third-order valence-electron chi connectivity index (χ3n) is 1.96. The number of amides is 1. The number of nitrogens with zero attached hydrogens (tertiary/aromatic N) is 2. The van der Waals surface area contributed by atoms with E-state index in [-0.39, 0.29) is 29.6 Å². The largest absolute Gasteiger partial charge is 0.355 e. The first-order valence-corrected chi connectivity index (χ1v) is 6.55. The SMILES string of the molecule is CC(=O)NCCNS(=O)(=O)c1cccnc1C#N. The van der Waals surface area contributed by atoms with Gasteiger partial charge in [-0.05, 0) is 12.1 Å². The molecular formula is C10H12N4O3S. The Hall–Kier alpha value is -1.98. The highest BCUT2D eigenvalue weighted by Crippen LogP contribution is 2.10. The van der Waals surface area contributed by atoms with Gasteiger partial charge in [-0.1, -0.05) is 0 Å². The summed E-state index contributed by atoms with van der Waals surface area (Å²) in [6.45, 7) is 1.56. The molecule has 8 heteroatoms. The molecule has 2 N–H and O–H groups in total. The zero-order valence-corrected chi connectivity index (χ0v) is 10.5. The van der Waals surface area contributed by atoms with E-state index >= 15 is 0 Å². The maximum absolute atomic E-state index is 11.8. The second kappa shape index (κ2) is 6.09. The Kier molecular flexibility index (Phi) is 4.76. The standard InChI is InChI=1S/C10H12N4O3S/c1-8(15)12-5-6-14-18(16,17)10-3-2-4-13-9(10)7-11/h2-4,14H,5-6H2,1H3,(H,12,15). The Balaban J connectivity index is 2.75. The molecule has 0 fully saturated rings. The Morgan fingerprint density at radius 1 is 1.50 bits per heavy atom. The van der Waals surface area contributed by atoms with E-state index < -0.39 is 10.0 Å². The number of sulfonamides is 1. The summed E-state index contributed by atoms with van der Waals surface area (Å²) in [6.07, 6.45) is 1.34. The van der Waals surface area contributed by atoms with Crippen molar-refractivity contribution in [2.45, 2.75) is 11.8 Å². The first kappa shape index (κ1) is 14.1. The summed E-state index contributed by atoms with van der Waals surface area (Å²) in [7, 11) is -3.79. The highest BCUT2D eigenvalue weighted by Gasteiger charge is 2.18. The third kappa shape index (κ3) is 3.80. The number of hydrogen-bond acceptors (Lipinski definition) is 5. The Morgan fingerprint density at radius 3 is 2.83 bits per heavy atom. The van der Waals surface area contributed by atoms with Crippen LogP contribution in [0.25, 0.3) is 0 Å². The first-order chi connectivity index (χ1) is 8.47. The van der Waals surface area contributed by atoms with E-state index in [0.717, 1.165) is 0 Å². The number of nitriles is 1. The minimum atomic E-state index is -3.79. The molecule has 1 aromatic heterocycles. The van der Waals surface area contributed by atoms with Crippen LogP contribution in [0.1, 0.15) is 12.6 Å². The van der Waals surface area contributed by atoms with E-state index in [0.29, 0.717) is 0 Å². The van der Waals surface area contributed by atoms with Gasteiger partial charge < -0.3 is 5.32 Å². The highest BCUT2D eigenvalue weighted by atomic mass is 32.2. The molecule has 7 nitrogen and oxygen atoms in total. The topological polar surface area (TPSA) is 112 Å². The van der Waals surface area contributed by atoms with Crippen molar-refractivity contribution in [3.05, 3.63) is 24.0 Å². The van der Waals surface area contributed by atoms with Crippen LogP contribution in [0.15, 0.2) is 23.2 Å². The fourth-order valence-electron chi connectivity index (χ4n) is 1.19. The maximum atomic E-state index is 11.8. The third-order valence-corrected chi connectivity index (χ3v) is 3.45. The summed E-state index contributed by atoms with van der Waals surface area (Å²) < 4.78 is 26.0. The molecule has 1 rings (SSSR count). The van der Waals surface area contributed by atoms with Crippen LogP contribution in [0.5, 0.6) is 0 Å². The molecule has 0 unspecified atom stereocenters. The molecule has 1 aromatic rings. The molecule has 0 atom stereocenters. The van der Waals surface area contributed by atoms with Gasteiger partial charge >= 0.3 is 0 Å². The number of hydrogen-bond donors (Lipinski definition) is 2. The monoisotopic (exact) mass is 268 g/mol. The van der Waals surface area contributed by atoms with Crippen LogP contribution >= 0.6 is 0 Å². The van der Waals surface area contributed by atoms with E-state index in [1.807, 2.05) is 0 Å². The van der Waals surface area contributed by atoms with Gasteiger partial charge in [0.1, 0.15) is 11.0 Å². The zero-order valence-electron chi connectivity index (χ0n) is 9.67. The van der Waals surface area contributed by atoms with Crippen LogP contribution in [-0.4, -0.2) is 32.4 Å². The fourth-order valence-corrected chi connectivity index (χ4v) is 2.33. The molecule has 96 valence electrons. The van der Waals surface area contributed by atoms with Crippen molar-refractivity contribution in [2.24, 2.45) is 0 Å². The number of rotatable bonds is 5. The predicted molar refractivity (Wildman–Crippen MR) is 62.8 cm³/mol. The van der Waals surface area contributed by atoms with Crippen molar-refractivity contribution in [2.75, 3.05) is 13.1 Å². The Labute approximate surface area is 105 Å². The Bertz CT molecular complexity index is 577. The van der Waals surface area contributed by atoms with E-state index in [4.69, 9.17) is 5.26 Å². The lowest BCUT2D eigenvalue weighted by Gasteiger charge is -2.07. The second-order valence-corrected chi connectivity index (χ2v) is 5.08. The fraction of sp³-hybridized carbons (Fsp3) is 0.300. The lowest BCUT2D eigenvalue weighted by Crippen LogP contribution is -2.34. The van der Waals surface area contributed by atoms with Gasteiger partial charge in [-0.15, -0.1) is 0 Å². The van der Waals surface area contributed by atoms with Crippen LogP contribution in [0, 0.1) is 11.3 Å². The van der Waals surface area contributed by atoms with Gasteiger partial charge in [0.25, 0.3) is 0 Å². The highest BCUT2D eigenvalue weighted by molar-refractivity contribution is 7.89. The molecule has 1 amide bonds. The van der Waals surface area contributed by atoms with Crippen molar-refractivity contribution in [1.82, 2.24) is 15.0 Å². The molecule has 1 heterocycles. The number of nitrogens with one attached hydrogen (secondary N) is 2. The molecule has 0 aromatic carbocycles. The number of pyridine rings is 1. The quantitative estimate of drug-likeness (QED) is 0.690. The van der Waals surface area contributed by atoms with Crippen LogP contribution in [0.4, 0.5) is 0 Å². The van der Waals surface area contributed by atoms with E-state index in [1.54, 1.807) is 6.07 Å². The summed E-state index contributed by atoms with van der Waals surface area (Å²) in [5.41, 5.74) is -0.162. The number of carbonyl (C=O) groups excluding carboxylic acids is 1. The first-order valence-electron chi connectivity index (χ1n) is 5.06. The molecular weight excluding hydrogens is 256 g/mol. The van der Waals surface area contributed by atoms with Crippen LogP contribution in [0.2, 0.25) is 0 Å². The van der Waals surface area contributed by atoms with Gasteiger partial charge in [-0.3, -0.25) is 4.79 Å². The summed E-state index contributed by atoms with van der Waals surface area (Å²) in [5.74, 6) is -0.242. The lowest BCUT2D eigenvalue weighted by molar-refractivity contribution is -0.118. The van der Waals surface area contributed by atoms with E-state index in [2.05, 4.69) is 15.0 Å². The minimum absolute atomic E-state index is 0.0433. The van der Waals surface area contributed by atoms with Crippen LogP contribution in [-0.2, 0) is 14.8 Å². The molecule has 0 saturated carbocycles. The van der Waals surface area contributed by atoms with Crippen LogP contribution < -0.4 is 10.0 Å². The molecule has 0 aliphatic carbocycles.